The molecule has 2 aliphatic heterocycles. The number of hydrogen-bond acceptors (Lipinski definition) is 5. The number of carbonyl (C=O) groups is 4. The van der Waals surface area contributed by atoms with E-state index in [1.165, 1.54) is 30.2 Å². The first-order chi connectivity index (χ1) is 17.6. The van der Waals surface area contributed by atoms with Crippen LogP contribution < -0.4 is 10.6 Å². The second-order valence-corrected chi connectivity index (χ2v) is 9.99. The van der Waals surface area contributed by atoms with Gasteiger partial charge in [-0.25, -0.2) is 18.4 Å². The summed E-state index contributed by atoms with van der Waals surface area (Å²) in [6.07, 6.45) is 4.59. The summed E-state index contributed by atoms with van der Waals surface area (Å²) in [5.74, 6) is -2.52. The highest BCUT2D eigenvalue weighted by Crippen LogP contribution is 2.48. The SMILES string of the molecule is CNC(=O)NC1=CC=C2C(CC[C@]23CN(CC(=O)N2[C@@H](c4ccc(F)cc4F)CC[C@@H]2C)C(=O)O3)C1=O. The molecule has 4 atom stereocenters. The first-order valence-electron chi connectivity index (χ1n) is 12.3. The molecule has 1 unspecified atom stereocenters. The van der Waals surface area contributed by atoms with Crippen LogP contribution in [-0.2, 0) is 14.3 Å². The van der Waals surface area contributed by atoms with Crippen molar-refractivity contribution >= 4 is 23.8 Å². The molecule has 4 amide bonds. The number of rotatable bonds is 4. The van der Waals surface area contributed by atoms with Gasteiger partial charge in [-0.15, -0.1) is 0 Å². The van der Waals surface area contributed by atoms with Crippen molar-refractivity contribution in [3.8, 4) is 0 Å². The van der Waals surface area contributed by atoms with E-state index in [0.717, 1.165) is 6.07 Å². The van der Waals surface area contributed by atoms with Crippen LogP contribution in [0, 0.1) is 17.6 Å². The molecule has 2 heterocycles. The Balaban J connectivity index is 1.32. The molecule has 4 aliphatic rings. The van der Waals surface area contributed by atoms with Gasteiger partial charge in [-0.2, -0.15) is 0 Å². The number of allylic oxidation sites excluding steroid dienone is 3. The molecule has 1 aromatic carbocycles. The summed E-state index contributed by atoms with van der Waals surface area (Å²) in [6.45, 7) is 1.71. The second-order valence-electron chi connectivity index (χ2n) is 9.99. The van der Waals surface area contributed by atoms with Gasteiger partial charge in [-0.3, -0.25) is 14.5 Å². The van der Waals surface area contributed by atoms with Gasteiger partial charge in [-0.05, 0) is 50.3 Å². The highest BCUT2D eigenvalue weighted by atomic mass is 19.1. The van der Waals surface area contributed by atoms with Gasteiger partial charge in [0.1, 0.15) is 18.2 Å². The summed E-state index contributed by atoms with van der Waals surface area (Å²) in [7, 11) is 1.45. The van der Waals surface area contributed by atoms with E-state index in [9.17, 15) is 28.0 Å². The molecule has 2 aliphatic carbocycles. The number of amides is 4. The molecule has 2 saturated heterocycles. The number of carbonyl (C=O) groups excluding carboxylic acids is 4. The van der Waals surface area contributed by atoms with E-state index in [4.69, 9.17) is 4.74 Å². The lowest BCUT2D eigenvalue weighted by Gasteiger charge is -2.31. The van der Waals surface area contributed by atoms with Crippen molar-refractivity contribution in [3.63, 3.8) is 0 Å². The molecule has 37 heavy (non-hydrogen) atoms. The first kappa shape index (κ1) is 24.9. The minimum atomic E-state index is -1.02. The Kier molecular flexibility index (Phi) is 6.25. The lowest BCUT2D eigenvalue weighted by atomic mass is 9.85. The Morgan fingerprint density at radius 1 is 1.16 bits per heavy atom. The zero-order valence-corrected chi connectivity index (χ0v) is 20.6. The Morgan fingerprint density at radius 2 is 1.95 bits per heavy atom. The minimum Gasteiger partial charge on any atom is -0.436 e. The maximum absolute atomic E-state index is 14.5. The van der Waals surface area contributed by atoms with Crippen molar-refractivity contribution in [3.05, 3.63) is 58.8 Å². The third kappa shape index (κ3) is 4.25. The normalized spacial score (nSPS) is 28.7. The van der Waals surface area contributed by atoms with Crippen LogP contribution in [0.4, 0.5) is 18.4 Å². The van der Waals surface area contributed by atoms with E-state index < -0.39 is 41.3 Å². The van der Waals surface area contributed by atoms with Crippen LogP contribution in [0.2, 0.25) is 0 Å². The minimum absolute atomic E-state index is 0.108. The molecule has 11 heteroatoms. The molecule has 1 spiro atoms. The van der Waals surface area contributed by atoms with Gasteiger partial charge in [-0.1, -0.05) is 12.1 Å². The number of halogens is 2. The number of ketones is 1. The molecule has 0 aromatic heterocycles. The second kappa shape index (κ2) is 9.28. The van der Waals surface area contributed by atoms with E-state index in [2.05, 4.69) is 10.6 Å². The average molecular weight is 515 g/mol. The van der Waals surface area contributed by atoms with Gasteiger partial charge < -0.3 is 20.3 Å². The van der Waals surface area contributed by atoms with Crippen LogP contribution in [0.15, 0.2) is 41.6 Å². The highest BCUT2D eigenvalue weighted by molar-refractivity contribution is 6.03. The smallest absolute Gasteiger partial charge is 0.411 e. The Bertz CT molecular complexity index is 1250. The van der Waals surface area contributed by atoms with Crippen molar-refractivity contribution in [1.29, 1.82) is 0 Å². The zero-order valence-electron chi connectivity index (χ0n) is 20.6. The average Bonchev–Trinajstić information content (AvgIpc) is 3.51. The van der Waals surface area contributed by atoms with Crippen LogP contribution in [0.25, 0.3) is 0 Å². The van der Waals surface area contributed by atoms with Crippen LogP contribution in [0.3, 0.4) is 0 Å². The lowest BCUT2D eigenvalue weighted by molar-refractivity contribution is -0.134. The summed E-state index contributed by atoms with van der Waals surface area (Å²) in [6, 6.07) is 2.10. The van der Waals surface area contributed by atoms with Crippen molar-refractivity contribution < 1.29 is 32.7 Å². The number of likely N-dealkylation sites (tertiary alicyclic amines) is 1. The number of Topliss-reactive ketones (excluding diaryl/α,β-unsaturated/α-hetero) is 1. The molecule has 5 rings (SSSR count). The molecule has 9 nitrogen and oxygen atoms in total. The van der Waals surface area contributed by atoms with Crippen LogP contribution in [0.5, 0.6) is 0 Å². The van der Waals surface area contributed by atoms with Gasteiger partial charge in [0.2, 0.25) is 5.91 Å². The standard InChI is InChI=1S/C26H28F2N4O5/c1-14-3-8-21(17-5-4-15(27)11-19(17)28)32(14)22(33)12-31-13-26(37-25(31)36)10-9-16-18(26)6-7-20(23(16)34)30-24(35)29-2/h4-7,11,14,16,21H,3,8-10,12-13H2,1-2H3,(H2,29,30,35)/t14-,16?,21+,26-/m0/s1. The highest BCUT2D eigenvalue weighted by Gasteiger charge is 2.56. The zero-order chi connectivity index (χ0) is 26.5. The molecule has 0 bridgehead atoms. The van der Waals surface area contributed by atoms with Gasteiger partial charge in [0.15, 0.2) is 11.4 Å². The molecule has 196 valence electrons. The van der Waals surface area contributed by atoms with E-state index in [1.807, 2.05) is 6.92 Å². The number of fused-ring (bicyclic) bond motifs is 2. The monoisotopic (exact) mass is 514 g/mol. The van der Waals surface area contributed by atoms with E-state index in [1.54, 1.807) is 11.0 Å². The van der Waals surface area contributed by atoms with Gasteiger partial charge in [0, 0.05) is 30.6 Å². The maximum Gasteiger partial charge on any atom is 0.411 e. The molecular formula is C26H28F2N4O5. The summed E-state index contributed by atoms with van der Waals surface area (Å²) in [4.78, 5) is 53.7. The Hall–Kier alpha value is -3.76. The molecule has 3 fully saturated rings. The Labute approximate surface area is 212 Å². The number of urea groups is 1. The van der Waals surface area contributed by atoms with Gasteiger partial charge in [0.05, 0.1) is 18.3 Å². The quantitative estimate of drug-likeness (QED) is 0.643. The molecule has 1 saturated carbocycles. The van der Waals surface area contributed by atoms with Gasteiger partial charge >= 0.3 is 12.1 Å². The first-order valence-corrected chi connectivity index (χ1v) is 12.3. The van der Waals surface area contributed by atoms with Crippen LogP contribution in [0.1, 0.15) is 44.2 Å². The number of ether oxygens (including phenoxy) is 1. The van der Waals surface area contributed by atoms with Crippen molar-refractivity contribution in [1.82, 2.24) is 20.4 Å². The topological polar surface area (TPSA) is 108 Å². The van der Waals surface area contributed by atoms with Crippen molar-refractivity contribution in [2.24, 2.45) is 5.92 Å². The summed E-state index contributed by atoms with van der Waals surface area (Å²) in [5.41, 5.74) is 0.0518. The fourth-order valence-electron chi connectivity index (χ4n) is 6.03. The number of hydrogen-bond donors (Lipinski definition) is 2. The lowest BCUT2D eigenvalue weighted by Crippen LogP contribution is -2.44. The maximum atomic E-state index is 14.5. The third-order valence-corrected chi connectivity index (χ3v) is 7.82. The number of nitrogens with zero attached hydrogens (tertiary/aromatic N) is 2. The fraction of sp³-hybridized carbons (Fsp3) is 0.462. The molecule has 0 radical (unpaired) electrons. The predicted octanol–water partition coefficient (Wildman–Crippen LogP) is 2.94. The largest absolute Gasteiger partial charge is 0.436 e. The number of nitrogens with one attached hydrogen (secondary N) is 2. The molecule has 1 aromatic rings. The number of benzene rings is 1. The van der Waals surface area contributed by atoms with Gasteiger partial charge in [0.25, 0.3) is 0 Å². The Morgan fingerprint density at radius 3 is 2.68 bits per heavy atom. The summed E-state index contributed by atoms with van der Waals surface area (Å²) < 4.78 is 33.7. The predicted molar refractivity (Wildman–Crippen MR) is 127 cm³/mol. The fourth-order valence-corrected chi connectivity index (χ4v) is 6.03. The van der Waals surface area contributed by atoms with E-state index >= 15 is 0 Å². The van der Waals surface area contributed by atoms with Crippen molar-refractivity contribution in [2.75, 3.05) is 20.1 Å². The van der Waals surface area contributed by atoms with Crippen LogP contribution in [-0.4, -0.2) is 65.4 Å². The van der Waals surface area contributed by atoms with E-state index in [0.29, 0.717) is 31.3 Å². The van der Waals surface area contributed by atoms with Crippen LogP contribution >= 0.6 is 0 Å². The summed E-state index contributed by atoms with van der Waals surface area (Å²) in [5, 5.41) is 4.92. The molecular weight excluding hydrogens is 486 g/mol. The van der Waals surface area contributed by atoms with E-state index in [-0.39, 0.29) is 42.1 Å². The summed E-state index contributed by atoms with van der Waals surface area (Å²) >= 11 is 0. The van der Waals surface area contributed by atoms with Crippen molar-refractivity contribution in [2.45, 2.75) is 50.3 Å². The molecule has 2 N–H and O–H groups in total. The third-order valence-electron chi connectivity index (χ3n) is 7.82.